The van der Waals surface area contributed by atoms with Crippen LogP contribution in [0.3, 0.4) is 0 Å². The lowest BCUT2D eigenvalue weighted by Crippen LogP contribution is -2.52. The minimum atomic E-state index is -0.143. The summed E-state index contributed by atoms with van der Waals surface area (Å²) in [5.74, 6) is -0.192. The zero-order chi connectivity index (χ0) is 7.72. The molecule has 1 fully saturated rings. The molecule has 1 atom stereocenters. The standard InChI is InChI=1S/C6H9NO2S/c1-4(8)7-5(9)3-6(7)10-2/h6H,3H2,1-2H3/t6-/m0/s1. The van der Waals surface area contributed by atoms with Crippen molar-refractivity contribution in [3.05, 3.63) is 0 Å². The van der Waals surface area contributed by atoms with Gasteiger partial charge in [-0.25, -0.2) is 0 Å². The number of imide groups is 1. The lowest BCUT2D eigenvalue weighted by atomic mass is 10.2. The third-order valence-electron chi connectivity index (χ3n) is 1.52. The molecule has 0 aromatic carbocycles. The van der Waals surface area contributed by atoms with E-state index in [1.165, 1.54) is 23.6 Å². The number of carbonyl (C=O) groups is 2. The summed E-state index contributed by atoms with van der Waals surface area (Å²) < 4.78 is 0. The molecule has 1 rings (SSSR count). The second-order valence-electron chi connectivity index (χ2n) is 2.18. The minimum absolute atomic E-state index is 0.0492. The van der Waals surface area contributed by atoms with E-state index in [0.717, 1.165) is 0 Å². The molecule has 0 bridgehead atoms. The summed E-state index contributed by atoms with van der Waals surface area (Å²) in [4.78, 5) is 22.7. The fraction of sp³-hybridized carbons (Fsp3) is 0.667. The molecule has 1 saturated heterocycles. The van der Waals surface area contributed by atoms with Gasteiger partial charge in [0.15, 0.2) is 0 Å². The highest BCUT2D eigenvalue weighted by molar-refractivity contribution is 7.99. The Kier molecular flexibility index (Phi) is 1.99. The predicted octanol–water partition coefficient (Wildman–Crippen LogP) is 0.454. The molecule has 56 valence electrons. The number of amides is 2. The number of hydrogen-bond donors (Lipinski definition) is 0. The summed E-state index contributed by atoms with van der Waals surface area (Å²) in [5.41, 5.74) is 0. The topological polar surface area (TPSA) is 37.4 Å². The number of thioether (sulfide) groups is 1. The van der Waals surface area contributed by atoms with Crippen molar-refractivity contribution in [1.29, 1.82) is 0 Å². The smallest absolute Gasteiger partial charge is 0.233 e. The Labute approximate surface area is 63.8 Å². The fourth-order valence-corrected chi connectivity index (χ4v) is 1.74. The highest BCUT2D eigenvalue weighted by Gasteiger charge is 2.38. The molecule has 1 heterocycles. The molecule has 0 N–H and O–H groups in total. The van der Waals surface area contributed by atoms with Crippen molar-refractivity contribution < 1.29 is 9.59 Å². The van der Waals surface area contributed by atoms with Crippen molar-refractivity contribution >= 4 is 23.6 Å². The second kappa shape index (κ2) is 2.62. The Balaban J connectivity index is 2.56. The summed E-state index contributed by atoms with van der Waals surface area (Å²) in [5, 5.41) is 0.102. The van der Waals surface area contributed by atoms with Crippen LogP contribution in [0.1, 0.15) is 13.3 Å². The van der Waals surface area contributed by atoms with Gasteiger partial charge in [-0.1, -0.05) is 0 Å². The Morgan fingerprint density at radius 2 is 2.40 bits per heavy atom. The molecule has 0 aromatic heterocycles. The Morgan fingerprint density at radius 1 is 1.80 bits per heavy atom. The summed E-state index contributed by atoms with van der Waals surface area (Å²) in [6, 6.07) is 0. The molecule has 0 aromatic rings. The predicted molar refractivity (Wildman–Crippen MR) is 39.4 cm³/mol. The van der Waals surface area contributed by atoms with Gasteiger partial charge in [0.1, 0.15) is 0 Å². The van der Waals surface area contributed by atoms with Crippen LogP contribution in [-0.2, 0) is 9.59 Å². The van der Waals surface area contributed by atoms with Crippen LogP contribution < -0.4 is 0 Å². The van der Waals surface area contributed by atoms with Gasteiger partial charge >= 0.3 is 0 Å². The van der Waals surface area contributed by atoms with E-state index >= 15 is 0 Å². The number of rotatable bonds is 1. The van der Waals surface area contributed by atoms with E-state index in [2.05, 4.69) is 0 Å². The zero-order valence-electron chi connectivity index (χ0n) is 5.96. The zero-order valence-corrected chi connectivity index (χ0v) is 6.77. The SMILES string of the molecule is CS[C@H]1CC(=O)N1C(C)=O. The van der Waals surface area contributed by atoms with Crippen LogP contribution in [0.15, 0.2) is 0 Å². The highest BCUT2D eigenvalue weighted by atomic mass is 32.2. The van der Waals surface area contributed by atoms with Crippen LogP contribution in [0, 0.1) is 0 Å². The van der Waals surface area contributed by atoms with E-state index in [4.69, 9.17) is 0 Å². The van der Waals surface area contributed by atoms with E-state index in [9.17, 15) is 9.59 Å². The van der Waals surface area contributed by atoms with Crippen LogP contribution in [0.2, 0.25) is 0 Å². The molecular formula is C6H9NO2S. The highest BCUT2D eigenvalue weighted by Crippen LogP contribution is 2.27. The molecule has 10 heavy (non-hydrogen) atoms. The largest absolute Gasteiger partial charge is 0.275 e. The average Bonchev–Trinajstić information content (AvgIpc) is 1.80. The summed E-state index contributed by atoms with van der Waals surface area (Å²) in [6.07, 6.45) is 2.41. The fourth-order valence-electron chi connectivity index (χ4n) is 0.954. The second-order valence-corrected chi connectivity index (χ2v) is 3.19. The summed E-state index contributed by atoms with van der Waals surface area (Å²) >= 11 is 1.54. The van der Waals surface area contributed by atoms with Crippen molar-refractivity contribution in [2.45, 2.75) is 18.7 Å². The molecule has 3 nitrogen and oxygen atoms in total. The lowest BCUT2D eigenvalue weighted by Gasteiger charge is -2.36. The van der Waals surface area contributed by atoms with Gasteiger partial charge in [-0.15, -0.1) is 11.8 Å². The van der Waals surface area contributed by atoms with Gasteiger partial charge in [-0.3, -0.25) is 14.5 Å². The van der Waals surface area contributed by atoms with Crippen molar-refractivity contribution in [2.75, 3.05) is 6.26 Å². The maximum absolute atomic E-state index is 10.7. The first-order valence-electron chi connectivity index (χ1n) is 3.02. The third kappa shape index (κ3) is 1.03. The van der Waals surface area contributed by atoms with E-state index < -0.39 is 0 Å². The molecule has 1 aliphatic rings. The van der Waals surface area contributed by atoms with Gasteiger partial charge in [-0.05, 0) is 6.26 Å². The third-order valence-corrected chi connectivity index (χ3v) is 2.44. The Bertz CT molecular complexity index is 173. The first kappa shape index (κ1) is 7.60. The normalized spacial score (nSPS) is 24.4. The quantitative estimate of drug-likeness (QED) is 0.521. The van der Waals surface area contributed by atoms with Crippen molar-refractivity contribution in [1.82, 2.24) is 4.90 Å². The van der Waals surface area contributed by atoms with E-state index in [1.54, 1.807) is 0 Å². The first-order valence-corrected chi connectivity index (χ1v) is 4.31. The van der Waals surface area contributed by atoms with Gasteiger partial charge in [0.25, 0.3) is 0 Å². The van der Waals surface area contributed by atoms with Crippen LogP contribution in [0.5, 0.6) is 0 Å². The Morgan fingerprint density at radius 3 is 2.60 bits per heavy atom. The summed E-state index contributed by atoms with van der Waals surface area (Å²) in [6.45, 7) is 1.42. The van der Waals surface area contributed by atoms with Gasteiger partial charge < -0.3 is 0 Å². The average molecular weight is 159 g/mol. The van der Waals surface area contributed by atoms with Crippen LogP contribution in [0.25, 0.3) is 0 Å². The van der Waals surface area contributed by atoms with E-state index in [1.807, 2.05) is 6.26 Å². The van der Waals surface area contributed by atoms with Crippen LogP contribution in [-0.4, -0.2) is 28.3 Å². The van der Waals surface area contributed by atoms with Crippen molar-refractivity contribution in [2.24, 2.45) is 0 Å². The molecular weight excluding hydrogens is 150 g/mol. The number of β-lactam (4-membered cyclic amide) rings is 1. The van der Waals surface area contributed by atoms with Gasteiger partial charge in [0.05, 0.1) is 11.8 Å². The van der Waals surface area contributed by atoms with Crippen LogP contribution >= 0.6 is 11.8 Å². The maximum Gasteiger partial charge on any atom is 0.233 e. The Hall–Kier alpha value is -0.510. The number of carbonyl (C=O) groups excluding carboxylic acids is 2. The number of hydrogen-bond acceptors (Lipinski definition) is 3. The summed E-state index contributed by atoms with van der Waals surface area (Å²) in [7, 11) is 0. The van der Waals surface area contributed by atoms with Gasteiger partial charge in [-0.2, -0.15) is 0 Å². The molecule has 2 amide bonds. The van der Waals surface area contributed by atoms with E-state index in [0.29, 0.717) is 6.42 Å². The molecule has 4 heteroatoms. The lowest BCUT2D eigenvalue weighted by molar-refractivity contribution is -0.152. The van der Waals surface area contributed by atoms with E-state index in [-0.39, 0.29) is 17.2 Å². The van der Waals surface area contributed by atoms with Gasteiger partial charge in [0, 0.05) is 6.92 Å². The molecule has 0 aliphatic carbocycles. The van der Waals surface area contributed by atoms with Crippen molar-refractivity contribution in [3.63, 3.8) is 0 Å². The molecule has 1 aliphatic heterocycles. The minimum Gasteiger partial charge on any atom is -0.275 e. The molecule has 0 spiro atoms. The number of likely N-dealkylation sites (tertiary alicyclic amines) is 1. The van der Waals surface area contributed by atoms with Crippen molar-refractivity contribution in [3.8, 4) is 0 Å². The maximum atomic E-state index is 10.7. The first-order chi connectivity index (χ1) is 4.66. The monoisotopic (exact) mass is 159 g/mol. The van der Waals surface area contributed by atoms with Crippen LogP contribution in [0.4, 0.5) is 0 Å². The van der Waals surface area contributed by atoms with Gasteiger partial charge in [0.2, 0.25) is 11.8 Å². The molecule has 0 saturated carbocycles. The molecule has 0 unspecified atom stereocenters. The molecule has 0 radical (unpaired) electrons. The number of nitrogens with zero attached hydrogens (tertiary/aromatic N) is 1.